The third kappa shape index (κ3) is 8.03. The van der Waals surface area contributed by atoms with Crippen molar-refractivity contribution in [1.29, 1.82) is 0 Å². The van der Waals surface area contributed by atoms with Gasteiger partial charge >= 0.3 is 0 Å². The number of ether oxygens (including phenoxy) is 2. The molecule has 0 spiro atoms. The number of carbonyl (C=O) groups excluding carboxylic acids is 2. The second-order valence-corrected chi connectivity index (χ2v) is 12.9. The van der Waals surface area contributed by atoms with Crippen molar-refractivity contribution in [3.8, 4) is 11.5 Å². The third-order valence-electron chi connectivity index (χ3n) is 6.59. The Bertz CT molecular complexity index is 1490. The number of hydrogen-bond acceptors (Lipinski definition) is 6. The van der Waals surface area contributed by atoms with Gasteiger partial charge in [-0.3, -0.25) is 13.9 Å². The van der Waals surface area contributed by atoms with Crippen LogP contribution in [0.15, 0.2) is 77.7 Å². The number of nitrogens with one attached hydrogen (secondary N) is 1. The number of rotatable bonds is 12. The van der Waals surface area contributed by atoms with Crippen molar-refractivity contribution in [2.24, 2.45) is 0 Å². The van der Waals surface area contributed by atoms with Crippen LogP contribution in [0.1, 0.15) is 45.2 Å². The number of methoxy groups -OCH3 is 2. The van der Waals surface area contributed by atoms with Crippen LogP contribution < -0.4 is 19.1 Å². The number of carbonyl (C=O) groups is 2. The molecule has 10 heteroatoms. The van der Waals surface area contributed by atoms with Gasteiger partial charge in [-0.1, -0.05) is 55.0 Å². The zero-order valence-electron chi connectivity index (χ0n) is 25.4. The molecule has 0 radical (unpaired) electrons. The normalized spacial score (nSPS) is 12.3. The van der Waals surface area contributed by atoms with E-state index >= 15 is 0 Å². The quantitative estimate of drug-likeness (QED) is 0.318. The van der Waals surface area contributed by atoms with Crippen LogP contribution >= 0.6 is 0 Å². The molecule has 226 valence electrons. The van der Waals surface area contributed by atoms with Gasteiger partial charge in [-0.15, -0.1) is 0 Å². The number of amides is 2. The number of aryl methyl sites for hydroxylation is 1. The molecule has 0 aromatic heterocycles. The number of para-hydroxylation sites is 1. The third-order valence-corrected chi connectivity index (χ3v) is 8.36. The molecule has 42 heavy (non-hydrogen) atoms. The molecule has 0 fully saturated rings. The average molecular weight is 596 g/mol. The van der Waals surface area contributed by atoms with Gasteiger partial charge < -0.3 is 19.7 Å². The minimum Gasteiger partial charge on any atom is -0.493 e. The second kappa shape index (κ2) is 13.7. The lowest BCUT2D eigenvalue weighted by molar-refractivity contribution is -0.141. The van der Waals surface area contributed by atoms with E-state index < -0.39 is 34.1 Å². The average Bonchev–Trinajstić information content (AvgIpc) is 2.94. The molecule has 0 heterocycles. The largest absolute Gasteiger partial charge is 0.493 e. The number of anilines is 1. The predicted octanol–water partition coefficient (Wildman–Crippen LogP) is 4.93. The van der Waals surface area contributed by atoms with E-state index in [1.165, 1.54) is 37.3 Å². The maximum Gasteiger partial charge on any atom is 0.264 e. The number of benzene rings is 3. The summed E-state index contributed by atoms with van der Waals surface area (Å²) in [5.41, 5.74) is 1.63. The van der Waals surface area contributed by atoms with Crippen LogP contribution in [0, 0.1) is 6.92 Å². The fourth-order valence-electron chi connectivity index (χ4n) is 4.61. The molecule has 0 unspecified atom stereocenters. The summed E-state index contributed by atoms with van der Waals surface area (Å²) < 4.78 is 39.9. The maximum absolute atomic E-state index is 14.2. The van der Waals surface area contributed by atoms with Crippen LogP contribution in [-0.4, -0.2) is 57.5 Å². The summed E-state index contributed by atoms with van der Waals surface area (Å²) in [6.07, 6.45) is 0.341. The Morgan fingerprint density at radius 2 is 1.57 bits per heavy atom. The Balaban J connectivity index is 2.09. The first kappa shape index (κ1) is 32.5. The van der Waals surface area contributed by atoms with Gasteiger partial charge in [-0.05, 0) is 63.9 Å². The fourth-order valence-corrected chi connectivity index (χ4v) is 6.04. The Kier molecular flexibility index (Phi) is 10.6. The van der Waals surface area contributed by atoms with E-state index in [2.05, 4.69) is 5.32 Å². The number of sulfonamides is 1. The highest BCUT2D eigenvalue weighted by Crippen LogP contribution is 2.32. The summed E-state index contributed by atoms with van der Waals surface area (Å²) >= 11 is 0. The maximum atomic E-state index is 14.2. The molecule has 0 saturated carbocycles. The van der Waals surface area contributed by atoms with Crippen molar-refractivity contribution >= 4 is 27.5 Å². The van der Waals surface area contributed by atoms with Gasteiger partial charge in [0.15, 0.2) is 11.5 Å². The second-order valence-electron chi connectivity index (χ2n) is 11.0. The monoisotopic (exact) mass is 595 g/mol. The molecule has 0 aliphatic carbocycles. The molecule has 3 aromatic rings. The molecule has 1 N–H and O–H groups in total. The van der Waals surface area contributed by atoms with Gasteiger partial charge in [0.25, 0.3) is 10.0 Å². The lowest BCUT2D eigenvalue weighted by Gasteiger charge is -2.34. The van der Waals surface area contributed by atoms with Gasteiger partial charge in [-0.25, -0.2) is 8.42 Å². The standard InChI is InChI=1S/C32H41N3O6S/c1-8-27(31(37)33-32(3,4)5)34(21-24-14-12-13-23(2)19-24)30(36)22-35(25-15-10-9-11-16-25)42(38,39)26-17-18-28(40-6)29(20-26)41-7/h9-20,27H,8,21-22H2,1-7H3,(H,33,37)/t27-/m1/s1. The van der Waals surface area contributed by atoms with Crippen molar-refractivity contribution in [2.45, 2.75) is 64.1 Å². The van der Waals surface area contributed by atoms with Crippen molar-refractivity contribution < 1.29 is 27.5 Å². The fraction of sp³-hybridized carbons (Fsp3) is 0.375. The van der Waals surface area contributed by atoms with Crippen LogP contribution in [0.3, 0.4) is 0 Å². The Labute approximate surface area is 249 Å². The minimum atomic E-state index is -4.25. The smallest absolute Gasteiger partial charge is 0.264 e. The highest BCUT2D eigenvalue weighted by molar-refractivity contribution is 7.92. The van der Waals surface area contributed by atoms with E-state index in [1.54, 1.807) is 30.3 Å². The zero-order chi connectivity index (χ0) is 31.1. The number of nitrogens with zero attached hydrogens (tertiary/aromatic N) is 2. The van der Waals surface area contributed by atoms with E-state index in [9.17, 15) is 18.0 Å². The molecule has 1 atom stereocenters. The van der Waals surface area contributed by atoms with Crippen LogP contribution in [0.4, 0.5) is 5.69 Å². The highest BCUT2D eigenvalue weighted by Gasteiger charge is 2.35. The Hall–Kier alpha value is -4.05. The molecule has 2 amide bonds. The van der Waals surface area contributed by atoms with Crippen LogP contribution in [-0.2, 0) is 26.2 Å². The summed E-state index contributed by atoms with van der Waals surface area (Å²) in [5.74, 6) is -0.206. The van der Waals surface area contributed by atoms with Gasteiger partial charge in [0, 0.05) is 18.2 Å². The summed E-state index contributed by atoms with van der Waals surface area (Å²) in [6.45, 7) is 9.01. The van der Waals surface area contributed by atoms with Crippen LogP contribution in [0.25, 0.3) is 0 Å². The molecule has 3 aromatic carbocycles. The molecular weight excluding hydrogens is 554 g/mol. The van der Waals surface area contributed by atoms with Crippen LogP contribution in [0.2, 0.25) is 0 Å². The number of hydrogen-bond donors (Lipinski definition) is 1. The first-order chi connectivity index (χ1) is 19.8. The molecule has 0 aliphatic rings. The molecule has 3 rings (SSSR count). The molecule has 0 saturated heterocycles. The van der Waals surface area contributed by atoms with Crippen molar-refractivity contribution in [2.75, 3.05) is 25.1 Å². The van der Waals surface area contributed by atoms with Gasteiger partial charge in [0.05, 0.1) is 24.8 Å². The lowest BCUT2D eigenvalue weighted by atomic mass is 10.0. The highest BCUT2D eigenvalue weighted by atomic mass is 32.2. The van der Waals surface area contributed by atoms with E-state index in [-0.39, 0.29) is 23.1 Å². The first-order valence-electron chi connectivity index (χ1n) is 13.8. The predicted molar refractivity (Wildman–Crippen MR) is 164 cm³/mol. The van der Waals surface area contributed by atoms with E-state index in [4.69, 9.17) is 9.47 Å². The van der Waals surface area contributed by atoms with E-state index in [1.807, 2.05) is 58.9 Å². The van der Waals surface area contributed by atoms with Crippen molar-refractivity contribution in [1.82, 2.24) is 10.2 Å². The zero-order valence-corrected chi connectivity index (χ0v) is 26.2. The van der Waals surface area contributed by atoms with Crippen molar-refractivity contribution in [3.05, 3.63) is 83.9 Å². The molecule has 0 aliphatic heterocycles. The van der Waals surface area contributed by atoms with E-state index in [0.29, 0.717) is 17.9 Å². The molecule has 0 bridgehead atoms. The minimum absolute atomic E-state index is 0.0699. The lowest BCUT2D eigenvalue weighted by Crippen LogP contribution is -2.55. The summed E-state index contributed by atoms with van der Waals surface area (Å²) in [4.78, 5) is 29.0. The Morgan fingerprint density at radius 1 is 0.905 bits per heavy atom. The van der Waals surface area contributed by atoms with Gasteiger partial charge in [-0.2, -0.15) is 0 Å². The molecular formula is C32H41N3O6S. The topological polar surface area (TPSA) is 105 Å². The SMILES string of the molecule is CC[C@H](C(=O)NC(C)(C)C)N(Cc1cccc(C)c1)C(=O)CN(c1ccccc1)S(=O)(=O)c1ccc(OC)c(OC)c1. The van der Waals surface area contributed by atoms with Crippen molar-refractivity contribution in [3.63, 3.8) is 0 Å². The van der Waals surface area contributed by atoms with Gasteiger partial charge in [0.2, 0.25) is 11.8 Å². The summed E-state index contributed by atoms with van der Waals surface area (Å²) in [6, 6.07) is 19.6. The van der Waals surface area contributed by atoms with Gasteiger partial charge in [0.1, 0.15) is 12.6 Å². The first-order valence-corrected chi connectivity index (χ1v) is 15.2. The molecule has 9 nitrogen and oxygen atoms in total. The summed E-state index contributed by atoms with van der Waals surface area (Å²) in [5, 5.41) is 2.98. The van der Waals surface area contributed by atoms with E-state index in [0.717, 1.165) is 15.4 Å². The summed E-state index contributed by atoms with van der Waals surface area (Å²) in [7, 11) is -1.37. The van der Waals surface area contributed by atoms with Crippen LogP contribution in [0.5, 0.6) is 11.5 Å². The Morgan fingerprint density at radius 3 is 2.14 bits per heavy atom.